The molecule has 0 atom stereocenters. The van der Waals surface area contributed by atoms with E-state index in [-0.39, 0.29) is 5.82 Å². The zero-order chi connectivity index (χ0) is 8.10. The molecule has 0 aliphatic heterocycles. The third-order valence-electron chi connectivity index (χ3n) is 1.29. The van der Waals surface area contributed by atoms with Crippen molar-refractivity contribution in [3.8, 4) is 0 Å². The van der Waals surface area contributed by atoms with Crippen LogP contribution in [0.15, 0.2) is 30.3 Å². The molecule has 0 aromatic heterocycles. The largest absolute Gasteiger partial charge is 0.207 e. The molecule has 0 radical (unpaired) electrons. The van der Waals surface area contributed by atoms with Crippen LogP contribution in [0, 0.1) is 5.82 Å². The summed E-state index contributed by atoms with van der Waals surface area (Å²) in [6.45, 7) is 0. The van der Waals surface area contributed by atoms with E-state index >= 15 is 0 Å². The Bertz CT molecular complexity index is 238. The van der Waals surface area contributed by atoms with Crippen LogP contribution in [0.3, 0.4) is 0 Å². The third kappa shape index (κ3) is 2.76. The molecule has 0 fully saturated rings. The van der Waals surface area contributed by atoms with Crippen LogP contribution in [0.25, 0.3) is 6.08 Å². The van der Waals surface area contributed by atoms with Gasteiger partial charge in [-0.3, -0.25) is 0 Å². The van der Waals surface area contributed by atoms with Gasteiger partial charge in [-0.15, -0.1) is 0 Å². The van der Waals surface area contributed by atoms with Gasteiger partial charge < -0.3 is 0 Å². The van der Waals surface area contributed by atoms with E-state index in [0.717, 1.165) is 5.56 Å². The SMILES string of the molecule is Fc1ccc(/C=C/CS)cc1. The molecule has 0 unspecified atom stereocenters. The monoisotopic (exact) mass is 168 g/mol. The van der Waals surface area contributed by atoms with E-state index in [4.69, 9.17) is 0 Å². The van der Waals surface area contributed by atoms with Crippen molar-refractivity contribution in [3.63, 3.8) is 0 Å². The van der Waals surface area contributed by atoms with Crippen LogP contribution in [-0.4, -0.2) is 5.75 Å². The minimum absolute atomic E-state index is 0.201. The number of halogens is 1. The van der Waals surface area contributed by atoms with E-state index < -0.39 is 0 Å². The molecule has 0 spiro atoms. The lowest BCUT2D eigenvalue weighted by molar-refractivity contribution is 0.628. The second kappa shape index (κ2) is 4.19. The van der Waals surface area contributed by atoms with Crippen LogP contribution < -0.4 is 0 Å². The predicted octanol–water partition coefficient (Wildman–Crippen LogP) is 2.77. The highest BCUT2D eigenvalue weighted by Crippen LogP contribution is 2.04. The topological polar surface area (TPSA) is 0 Å². The summed E-state index contributed by atoms with van der Waals surface area (Å²) in [5.41, 5.74) is 1.00. The van der Waals surface area contributed by atoms with Gasteiger partial charge in [0, 0.05) is 5.75 Å². The van der Waals surface area contributed by atoms with Crippen molar-refractivity contribution in [2.75, 3.05) is 5.75 Å². The van der Waals surface area contributed by atoms with Crippen molar-refractivity contribution in [3.05, 3.63) is 41.7 Å². The summed E-state index contributed by atoms with van der Waals surface area (Å²) in [4.78, 5) is 0. The van der Waals surface area contributed by atoms with E-state index in [1.54, 1.807) is 12.1 Å². The number of rotatable bonds is 2. The van der Waals surface area contributed by atoms with Gasteiger partial charge >= 0.3 is 0 Å². The molecule has 0 aliphatic carbocycles. The summed E-state index contributed by atoms with van der Waals surface area (Å²) in [6, 6.07) is 6.35. The molecular weight excluding hydrogens is 159 g/mol. The molecule has 0 bridgehead atoms. The molecule has 1 aromatic rings. The average Bonchev–Trinajstić information content (AvgIpc) is 2.04. The molecule has 0 saturated carbocycles. The quantitative estimate of drug-likeness (QED) is 0.645. The first kappa shape index (κ1) is 8.34. The third-order valence-corrected chi connectivity index (χ3v) is 1.50. The second-order valence-corrected chi connectivity index (χ2v) is 2.50. The van der Waals surface area contributed by atoms with Gasteiger partial charge in [-0.2, -0.15) is 12.6 Å². The van der Waals surface area contributed by atoms with Gasteiger partial charge in [-0.05, 0) is 17.7 Å². The summed E-state index contributed by atoms with van der Waals surface area (Å²) in [7, 11) is 0. The first-order valence-electron chi connectivity index (χ1n) is 3.36. The second-order valence-electron chi connectivity index (χ2n) is 2.14. The average molecular weight is 168 g/mol. The van der Waals surface area contributed by atoms with Gasteiger partial charge in [0.05, 0.1) is 0 Å². The number of hydrogen-bond acceptors (Lipinski definition) is 1. The zero-order valence-electron chi connectivity index (χ0n) is 6.00. The van der Waals surface area contributed by atoms with Crippen molar-refractivity contribution < 1.29 is 4.39 Å². The van der Waals surface area contributed by atoms with Crippen molar-refractivity contribution in [1.82, 2.24) is 0 Å². The Balaban J connectivity index is 2.73. The smallest absolute Gasteiger partial charge is 0.123 e. The van der Waals surface area contributed by atoms with Crippen molar-refractivity contribution in [1.29, 1.82) is 0 Å². The maximum atomic E-state index is 12.4. The molecule has 0 nitrogen and oxygen atoms in total. The molecule has 1 aromatic carbocycles. The highest BCUT2D eigenvalue weighted by atomic mass is 32.1. The molecule has 0 aliphatic rings. The fraction of sp³-hybridized carbons (Fsp3) is 0.111. The van der Waals surface area contributed by atoms with Gasteiger partial charge in [0.25, 0.3) is 0 Å². The Morgan fingerprint density at radius 2 is 1.91 bits per heavy atom. The first-order valence-corrected chi connectivity index (χ1v) is 3.99. The zero-order valence-corrected chi connectivity index (χ0v) is 6.89. The standard InChI is InChI=1S/C9H9FS/c10-9-5-3-8(4-6-9)2-1-7-11/h1-6,11H,7H2/b2-1+. The fourth-order valence-electron chi connectivity index (χ4n) is 0.763. The molecule has 0 heterocycles. The Hall–Kier alpha value is -0.760. The molecule has 0 amide bonds. The van der Waals surface area contributed by atoms with Gasteiger partial charge in [-0.25, -0.2) is 4.39 Å². The summed E-state index contributed by atoms with van der Waals surface area (Å²) >= 11 is 4.01. The molecule has 0 N–H and O–H groups in total. The van der Waals surface area contributed by atoms with Crippen LogP contribution in [0.2, 0.25) is 0 Å². The number of benzene rings is 1. The molecule has 2 heteroatoms. The van der Waals surface area contributed by atoms with E-state index in [1.165, 1.54) is 12.1 Å². The Morgan fingerprint density at radius 3 is 2.45 bits per heavy atom. The van der Waals surface area contributed by atoms with Crippen LogP contribution >= 0.6 is 12.6 Å². The number of hydrogen-bond donors (Lipinski definition) is 1. The minimum atomic E-state index is -0.201. The lowest BCUT2D eigenvalue weighted by Crippen LogP contribution is -1.74. The molecule has 1 rings (SSSR count). The van der Waals surface area contributed by atoms with Crippen LogP contribution in [-0.2, 0) is 0 Å². The normalized spacial score (nSPS) is 10.7. The van der Waals surface area contributed by atoms with Crippen molar-refractivity contribution in [2.45, 2.75) is 0 Å². The van der Waals surface area contributed by atoms with Crippen molar-refractivity contribution >= 4 is 18.7 Å². The van der Waals surface area contributed by atoms with Crippen LogP contribution in [0.1, 0.15) is 5.56 Å². The van der Waals surface area contributed by atoms with E-state index in [0.29, 0.717) is 5.75 Å². The minimum Gasteiger partial charge on any atom is -0.207 e. The highest BCUT2D eigenvalue weighted by Gasteiger charge is 1.86. The molecule has 0 saturated heterocycles. The number of thiol groups is 1. The Labute approximate surface area is 71.2 Å². The van der Waals surface area contributed by atoms with Gasteiger partial charge in [0.2, 0.25) is 0 Å². The Morgan fingerprint density at radius 1 is 1.27 bits per heavy atom. The van der Waals surface area contributed by atoms with Gasteiger partial charge in [0.15, 0.2) is 0 Å². The highest BCUT2D eigenvalue weighted by molar-refractivity contribution is 7.80. The lowest BCUT2D eigenvalue weighted by Gasteiger charge is -1.90. The summed E-state index contributed by atoms with van der Waals surface area (Å²) in [6.07, 6.45) is 3.82. The van der Waals surface area contributed by atoms with Crippen LogP contribution in [0.5, 0.6) is 0 Å². The first-order chi connectivity index (χ1) is 5.33. The summed E-state index contributed by atoms with van der Waals surface area (Å²) in [5, 5.41) is 0. The maximum absolute atomic E-state index is 12.4. The fourth-order valence-corrected chi connectivity index (χ4v) is 0.868. The van der Waals surface area contributed by atoms with Crippen LogP contribution in [0.4, 0.5) is 4.39 Å². The maximum Gasteiger partial charge on any atom is 0.123 e. The lowest BCUT2D eigenvalue weighted by atomic mass is 10.2. The van der Waals surface area contributed by atoms with Gasteiger partial charge in [0.1, 0.15) is 5.82 Å². The molecule has 11 heavy (non-hydrogen) atoms. The van der Waals surface area contributed by atoms with Crippen molar-refractivity contribution in [2.24, 2.45) is 0 Å². The van der Waals surface area contributed by atoms with E-state index in [9.17, 15) is 4.39 Å². The molecular formula is C9H9FS. The Kier molecular flexibility index (Phi) is 3.17. The summed E-state index contributed by atoms with van der Waals surface area (Å²) < 4.78 is 12.4. The summed E-state index contributed by atoms with van der Waals surface area (Å²) in [5.74, 6) is 0.505. The van der Waals surface area contributed by atoms with Gasteiger partial charge in [-0.1, -0.05) is 24.3 Å². The predicted molar refractivity (Wildman–Crippen MR) is 49.3 cm³/mol. The van der Waals surface area contributed by atoms with E-state index in [2.05, 4.69) is 12.6 Å². The molecule has 58 valence electrons. The van der Waals surface area contributed by atoms with E-state index in [1.807, 2.05) is 12.2 Å².